The Morgan fingerprint density at radius 1 is 1.69 bits per heavy atom. The van der Waals surface area contributed by atoms with Crippen molar-refractivity contribution in [2.24, 2.45) is 0 Å². The molecule has 0 spiro atoms. The van der Waals surface area contributed by atoms with Gasteiger partial charge in [-0.2, -0.15) is 11.8 Å². The minimum atomic E-state index is -0.175. The molecule has 0 aromatic carbocycles. The number of carbonyl (C=O) groups excluding carboxylic acids is 1. The number of methoxy groups -OCH3 is 1. The van der Waals surface area contributed by atoms with E-state index in [2.05, 4.69) is 23.6 Å². The first kappa shape index (κ1) is 13.5. The third-order valence-electron chi connectivity index (χ3n) is 2.15. The van der Waals surface area contributed by atoms with Crippen LogP contribution in [0.25, 0.3) is 0 Å². The molecule has 16 heavy (non-hydrogen) atoms. The van der Waals surface area contributed by atoms with Gasteiger partial charge in [0.15, 0.2) is 0 Å². The lowest BCUT2D eigenvalue weighted by Crippen LogP contribution is -2.02. The van der Waals surface area contributed by atoms with Gasteiger partial charge in [0.25, 0.3) is 0 Å². The summed E-state index contributed by atoms with van der Waals surface area (Å²) in [4.78, 5) is 15.5. The molecule has 0 fully saturated rings. The molecule has 5 heteroatoms. The zero-order valence-electron chi connectivity index (χ0n) is 9.86. The number of aryl methyl sites for hydroxylation is 1. The number of rotatable bonds is 6. The van der Waals surface area contributed by atoms with Crippen LogP contribution in [-0.2, 0) is 16.0 Å². The Balaban J connectivity index is 2.48. The topological polar surface area (TPSA) is 39.2 Å². The van der Waals surface area contributed by atoms with E-state index in [1.807, 2.05) is 17.1 Å². The number of ether oxygens (including phenoxy) is 1. The highest BCUT2D eigenvalue weighted by atomic mass is 32.2. The first-order chi connectivity index (χ1) is 7.67. The molecule has 0 saturated heterocycles. The van der Waals surface area contributed by atoms with Gasteiger partial charge in [-0.3, -0.25) is 4.79 Å². The largest absolute Gasteiger partial charge is 0.469 e. The fourth-order valence-electron chi connectivity index (χ4n) is 1.28. The highest BCUT2D eigenvalue weighted by Crippen LogP contribution is 2.30. The second kappa shape index (κ2) is 6.91. The molecular weight excluding hydrogens is 242 g/mol. The van der Waals surface area contributed by atoms with Crippen LogP contribution in [0.2, 0.25) is 0 Å². The van der Waals surface area contributed by atoms with Gasteiger partial charge in [-0.15, -0.1) is 11.3 Å². The van der Waals surface area contributed by atoms with Crippen molar-refractivity contribution in [2.45, 2.75) is 31.9 Å². The number of carbonyl (C=O) groups is 1. The van der Waals surface area contributed by atoms with Crippen molar-refractivity contribution in [3.05, 3.63) is 16.1 Å². The Bertz CT molecular complexity index is 338. The summed E-state index contributed by atoms with van der Waals surface area (Å²) in [6.07, 6.45) is 1.08. The molecule has 1 aromatic rings. The van der Waals surface area contributed by atoms with Crippen molar-refractivity contribution >= 4 is 29.1 Å². The molecule has 1 atom stereocenters. The standard InChI is InChI=1S/C11H17NO2S2/c1-4-15-8(2)11-12-9(7-16-11)5-6-10(13)14-3/h7-8H,4-6H2,1-3H3. The highest BCUT2D eigenvalue weighted by molar-refractivity contribution is 7.99. The average molecular weight is 259 g/mol. The van der Waals surface area contributed by atoms with E-state index in [1.54, 1.807) is 11.3 Å². The van der Waals surface area contributed by atoms with Gasteiger partial charge in [0, 0.05) is 11.8 Å². The van der Waals surface area contributed by atoms with Crippen LogP contribution < -0.4 is 0 Å². The lowest BCUT2D eigenvalue weighted by molar-refractivity contribution is -0.140. The SMILES string of the molecule is CCSC(C)c1nc(CCC(=O)OC)cs1. The molecule has 1 unspecified atom stereocenters. The van der Waals surface area contributed by atoms with E-state index in [0.29, 0.717) is 18.1 Å². The minimum Gasteiger partial charge on any atom is -0.469 e. The summed E-state index contributed by atoms with van der Waals surface area (Å²) in [6, 6.07) is 0. The lowest BCUT2D eigenvalue weighted by Gasteiger charge is -2.04. The Labute approximate surface area is 105 Å². The molecule has 1 rings (SSSR count). The first-order valence-electron chi connectivity index (χ1n) is 5.30. The second-order valence-corrected chi connectivity index (χ2v) is 5.86. The van der Waals surface area contributed by atoms with Gasteiger partial charge in [-0.25, -0.2) is 4.98 Å². The van der Waals surface area contributed by atoms with Crippen LogP contribution in [0.15, 0.2) is 5.38 Å². The summed E-state index contributed by atoms with van der Waals surface area (Å²) in [6.45, 7) is 4.31. The van der Waals surface area contributed by atoms with Crippen molar-refractivity contribution in [3.8, 4) is 0 Å². The summed E-state index contributed by atoms with van der Waals surface area (Å²) in [5.74, 6) is 0.920. The van der Waals surface area contributed by atoms with Crippen LogP contribution in [0.4, 0.5) is 0 Å². The van der Waals surface area contributed by atoms with E-state index < -0.39 is 0 Å². The molecule has 1 aromatic heterocycles. The Hall–Kier alpha value is -0.550. The Morgan fingerprint density at radius 2 is 2.44 bits per heavy atom. The van der Waals surface area contributed by atoms with E-state index in [1.165, 1.54) is 7.11 Å². The lowest BCUT2D eigenvalue weighted by atomic mass is 10.2. The molecule has 1 heterocycles. The predicted molar refractivity (Wildman–Crippen MR) is 69.0 cm³/mol. The average Bonchev–Trinajstić information content (AvgIpc) is 2.75. The van der Waals surface area contributed by atoms with Gasteiger partial charge < -0.3 is 4.74 Å². The van der Waals surface area contributed by atoms with Gasteiger partial charge in [0.1, 0.15) is 5.01 Å². The quantitative estimate of drug-likeness (QED) is 0.736. The zero-order chi connectivity index (χ0) is 12.0. The van der Waals surface area contributed by atoms with Crippen LogP contribution in [0.3, 0.4) is 0 Å². The normalized spacial score (nSPS) is 12.4. The molecule has 0 N–H and O–H groups in total. The number of nitrogens with zero attached hydrogens (tertiary/aromatic N) is 1. The van der Waals surface area contributed by atoms with Crippen molar-refractivity contribution in [1.82, 2.24) is 4.98 Å². The third-order valence-corrected chi connectivity index (χ3v) is 4.43. The van der Waals surface area contributed by atoms with Crippen LogP contribution in [0.5, 0.6) is 0 Å². The van der Waals surface area contributed by atoms with E-state index >= 15 is 0 Å². The van der Waals surface area contributed by atoms with Crippen molar-refractivity contribution < 1.29 is 9.53 Å². The fourth-order valence-corrected chi connectivity index (χ4v) is 3.13. The molecule has 0 amide bonds. The maximum Gasteiger partial charge on any atom is 0.305 e. The molecule has 0 aliphatic rings. The van der Waals surface area contributed by atoms with Crippen LogP contribution >= 0.6 is 23.1 Å². The summed E-state index contributed by atoms with van der Waals surface area (Å²) in [5.41, 5.74) is 0.994. The summed E-state index contributed by atoms with van der Waals surface area (Å²) in [5, 5.41) is 3.62. The minimum absolute atomic E-state index is 0.175. The third kappa shape index (κ3) is 4.14. The first-order valence-corrected chi connectivity index (χ1v) is 7.23. The van der Waals surface area contributed by atoms with Crippen molar-refractivity contribution in [3.63, 3.8) is 0 Å². The van der Waals surface area contributed by atoms with Gasteiger partial charge in [0.2, 0.25) is 0 Å². The predicted octanol–water partition coefficient (Wildman–Crippen LogP) is 3.06. The monoisotopic (exact) mass is 259 g/mol. The highest BCUT2D eigenvalue weighted by Gasteiger charge is 2.11. The molecular formula is C11H17NO2S2. The van der Waals surface area contributed by atoms with E-state index in [0.717, 1.165) is 16.5 Å². The fraction of sp³-hybridized carbons (Fsp3) is 0.636. The maximum absolute atomic E-state index is 11.0. The molecule has 0 radical (unpaired) electrons. The van der Waals surface area contributed by atoms with Gasteiger partial charge in [-0.1, -0.05) is 6.92 Å². The zero-order valence-corrected chi connectivity index (χ0v) is 11.5. The smallest absolute Gasteiger partial charge is 0.305 e. The summed E-state index contributed by atoms with van der Waals surface area (Å²) >= 11 is 3.56. The molecule has 0 saturated carbocycles. The Kier molecular flexibility index (Phi) is 5.84. The van der Waals surface area contributed by atoms with Crippen molar-refractivity contribution in [1.29, 1.82) is 0 Å². The van der Waals surface area contributed by atoms with Gasteiger partial charge in [0.05, 0.1) is 24.5 Å². The molecule has 3 nitrogen and oxygen atoms in total. The number of esters is 1. The van der Waals surface area contributed by atoms with Gasteiger partial charge >= 0.3 is 5.97 Å². The number of hydrogen-bond acceptors (Lipinski definition) is 5. The van der Waals surface area contributed by atoms with E-state index in [-0.39, 0.29) is 5.97 Å². The molecule has 0 aliphatic carbocycles. The van der Waals surface area contributed by atoms with Crippen molar-refractivity contribution in [2.75, 3.05) is 12.9 Å². The maximum atomic E-state index is 11.0. The second-order valence-electron chi connectivity index (χ2n) is 3.35. The molecule has 0 bridgehead atoms. The molecule has 90 valence electrons. The number of thiazole rings is 1. The van der Waals surface area contributed by atoms with Crippen LogP contribution in [0.1, 0.15) is 36.2 Å². The Morgan fingerprint density at radius 3 is 3.06 bits per heavy atom. The van der Waals surface area contributed by atoms with E-state index in [4.69, 9.17) is 0 Å². The van der Waals surface area contributed by atoms with Crippen LogP contribution in [0, 0.1) is 0 Å². The van der Waals surface area contributed by atoms with E-state index in [9.17, 15) is 4.79 Å². The van der Waals surface area contributed by atoms with Gasteiger partial charge in [-0.05, 0) is 12.7 Å². The summed E-state index contributed by atoms with van der Waals surface area (Å²) < 4.78 is 4.60. The summed E-state index contributed by atoms with van der Waals surface area (Å²) in [7, 11) is 1.41. The number of hydrogen-bond donors (Lipinski definition) is 0. The molecule has 0 aliphatic heterocycles. The van der Waals surface area contributed by atoms with Crippen LogP contribution in [-0.4, -0.2) is 23.8 Å². The number of thioether (sulfide) groups is 1. The number of aromatic nitrogens is 1.